The lowest BCUT2D eigenvalue weighted by Crippen LogP contribution is -2.08. The maximum atomic E-state index is 11.8. The fourth-order valence-corrected chi connectivity index (χ4v) is 9.94. The molecule has 0 aliphatic heterocycles. The zero-order valence-corrected chi connectivity index (χ0v) is 27.4. The summed E-state index contributed by atoms with van der Waals surface area (Å²) < 4.78 is 10.4. The Morgan fingerprint density at radius 1 is 0.583 bits per heavy atom. The Hall–Kier alpha value is 1.62. The van der Waals surface area contributed by atoms with Crippen LogP contribution in [-0.2, 0) is 28.8 Å². The Balaban J connectivity index is 3.23. The van der Waals surface area contributed by atoms with Crippen LogP contribution in [0, 0.1) is 0 Å². The van der Waals surface area contributed by atoms with Crippen LogP contribution in [0.15, 0.2) is 0 Å². The van der Waals surface area contributed by atoms with Gasteiger partial charge in [0.2, 0.25) is 0 Å². The normalized spacial score (nSPS) is 11.1. The van der Waals surface area contributed by atoms with Gasteiger partial charge in [-0.1, -0.05) is 6.92 Å². The molecule has 0 saturated heterocycles. The zero-order valence-electron chi connectivity index (χ0n) is 20.9. The Kier molecular flexibility index (Phi) is 34.3. The highest BCUT2D eigenvalue weighted by atomic mass is 32.2. The lowest BCUT2D eigenvalue weighted by molar-refractivity contribution is -0.290. The molecule has 36 heavy (non-hydrogen) atoms. The van der Waals surface area contributed by atoms with Gasteiger partial charge in [-0.2, -0.15) is 23.5 Å². The standard InChI is InChI=1S/C21H40O7S8/c1-2-6-27-28-8-13-33-19-36-18-32-12-7-25-20(23)3-9-29-16-35-17-30-10-4-21(24)26-14-34-15-31-11-5-22/h22H,2-19H2,1H3. The van der Waals surface area contributed by atoms with E-state index in [4.69, 9.17) is 24.4 Å². The molecule has 7 nitrogen and oxygen atoms in total. The molecule has 0 fully saturated rings. The summed E-state index contributed by atoms with van der Waals surface area (Å²) in [4.78, 5) is 33.4. The lowest BCUT2D eigenvalue weighted by atomic mass is 10.5. The summed E-state index contributed by atoms with van der Waals surface area (Å²) in [5.41, 5.74) is 0. The van der Waals surface area contributed by atoms with Gasteiger partial charge in [-0.05, 0) is 6.42 Å². The summed E-state index contributed by atoms with van der Waals surface area (Å²) in [5.74, 6) is 4.08. The van der Waals surface area contributed by atoms with E-state index in [0.29, 0.717) is 44.4 Å². The number of carbonyl (C=O) groups is 2. The van der Waals surface area contributed by atoms with E-state index < -0.39 is 0 Å². The third-order valence-electron chi connectivity index (χ3n) is 3.45. The smallest absolute Gasteiger partial charge is 0.307 e. The monoisotopic (exact) mass is 660 g/mol. The number of esters is 2. The van der Waals surface area contributed by atoms with Crippen molar-refractivity contribution in [3.05, 3.63) is 0 Å². The number of hydrogen-bond acceptors (Lipinski definition) is 15. The summed E-state index contributed by atoms with van der Waals surface area (Å²) in [6.07, 6.45) is 1.83. The van der Waals surface area contributed by atoms with Gasteiger partial charge in [0.05, 0.1) is 32.7 Å². The SMILES string of the molecule is CCCOOCCSCSCSCCOC(=O)CCSCSCSCCC(=O)OCSCSCCO. The van der Waals surface area contributed by atoms with Gasteiger partial charge in [0.1, 0.15) is 12.5 Å². The first kappa shape index (κ1) is 37.6. The third kappa shape index (κ3) is 31.8. The summed E-state index contributed by atoms with van der Waals surface area (Å²) in [6.45, 7) is 3.97. The molecule has 1 N–H and O–H groups in total. The van der Waals surface area contributed by atoms with Crippen LogP contribution in [0.3, 0.4) is 0 Å². The van der Waals surface area contributed by atoms with Crippen molar-refractivity contribution >= 4 is 106 Å². The molecule has 0 saturated carbocycles. The highest BCUT2D eigenvalue weighted by molar-refractivity contribution is 8.23. The van der Waals surface area contributed by atoms with E-state index in [0.717, 1.165) is 54.9 Å². The van der Waals surface area contributed by atoms with Crippen LogP contribution in [0.4, 0.5) is 0 Å². The minimum Gasteiger partial charge on any atom is -0.465 e. The van der Waals surface area contributed by atoms with Crippen molar-refractivity contribution in [3.63, 3.8) is 0 Å². The van der Waals surface area contributed by atoms with Crippen LogP contribution in [0.2, 0.25) is 0 Å². The number of carbonyl (C=O) groups excluding carboxylic acids is 2. The van der Waals surface area contributed by atoms with Crippen molar-refractivity contribution in [2.75, 3.05) is 86.6 Å². The summed E-state index contributed by atoms with van der Waals surface area (Å²) in [5, 5.41) is 13.4. The average Bonchev–Trinajstić information content (AvgIpc) is 2.87. The van der Waals surface area contributed by atoms with Gasteiger partial charge >= 0.3 is 11.9 Å². The highest BCUT2D eigenvalue weighted by Crippen LogP contribution is 2.20. The lowest BCUT2D eigenvalue weighted by Gasteiger charge is -2.06. The molecule has 0 aromatic rings. The van der Waals surface area contributed by atoms with E-state index in [-0.39, 0.29) is 18.5 Å². The van der Waals surface area contributed by atoms with E-state index >= 15 is 0 Å². The van der Waals surface area contributed by atoms with Gasteiger partial charge < -0.3 is 14.6 Å². The summed E-state index contributed by atoms with van der Waals surface area (Å²) >= 11 is 13.9. The number of aliphatic hydroxyl groups excluding tert-OH is 1. The van der Waals surface area contributed by atoms with Gasteiger partial charge in [0.25, 0.3) is 0 Å². The molecular weight excluding hydrogens is 621 g/mol. The first-order valence-corrected chi connectivity index (χ1v) is 20.7. The molecule has 0 radical (unpaired) electrons. The topological polar surface area (TPSA) is 91.3 Å². The van der Waals surface area contributed by atoms with Crippen LogP contribution in [-0.4, -0.2) is 104 Å². The minimum absolute atomic E-state index is 0.125. The molecule has 0 aliphatic carbocycles. The second-order valence-electron chi connectivity index (χ2n) is 6.47. The molecule has 0 atom stereocenters. The number of rotatable bonds is 29. The maximum Gasteiger partial charge on any atom is 0.307 e. The largest absolute Gasteiger partial charge is 0.465 e. The molecular formula is C21H40O7S8. The molecule has 0 bridgehead atoms. The number of ether oxygens (including phenoxy) is 2. The Bertz CT molecular complexity index is 495. The van der Waals surface area contributed by atoms with Crippen molar-refractivity contribution in [1.29, 1.82) is 0 Å². The van der Waals surface area contributed by atoms with E-state index in [1.807, 2.05) is 30.4 Å². The van der Waals surface area contributed by atoms with Crippen LogP contribution < -0.4 is 0 Å². The second-order valence-corrected chi connectivity index (χ2v) is 16.7. The fraction of sp³-hybridized carbons (Fsp3) is 0.905. The quantitative estimate of drug-likeness (QED) is 0.0344. The summed E-state index contributed by atoms with van der Waals surface area (Å²) in [7, 11) is 0. The Labute approximate surface area is 251 Å². The van der Waals surface area contributed by atoms with Crippen molar-refractivity contribution in [2.24, 2.45) is 0 Å². The van der Waals surface area contributed by atoms with Crippen molar-refractivity contribution < 1.29 is 33.9 Å². The van der Waals surface area contributed by atoms with Crippen LogP contribution in [0.5, 0.6) is 0 Å². The number of thioether (sulfide) groups is 8. The Morgan fingerprint density at radius 3 is 1.69 bits per heavy atom. The molecule has 15 heteroatoms. The van der Waals surface area contributed by atoms with Gasteiger partial charge in [-0.15, -0.1) is 70.6 Å². The minimum atomic E-state index is -0.161. The zero-order chi connectivity index (χ0) is 26.4. The summed E-state index contributed by atoms with van der Waals surface area (Å²) in [6, 6.07) is 0. The number of hydrogen-bond donors (Lipinski definition) is 1. The highest BCUT2D eigenvalue weighted by Gasteiger charge is 2.05. The molecule has 0 aromatic heterocycles. The van der Waals surface area contributed by atoms with Crippen LogP contribution in [0.1, 0.15) is 26.2 Å². The third-order valence-corrected chi connectivity index (χ3v) is 12.8. The van der Waals surface area contributed by atoms with Crippen LogP contribution >= 0.6 is 94.1 Å². The molecule has 0 spiro atoms. The average molecular weight is 661 g/mol. The second kappa shape index (κ2) is 32.8. The molecule has 0 amide bonds. The van der Waals surface area contributed by atoms with E-state index in [9.17, 15) is 9.59 Å². The van der Waals surface area contributed by atoms with E-state index in [2.05, 4.69) is 0 Å². The molecule has 0 aliphatic rings. The molecule has 0 heterocycles. The first-order chi connectivity index (χ1) is 17.7. The van der Waals surface area contributed by atoms with Gasteiger partial charge in [0, 0.05) is 54.2 Å². The van der Waals surface area contributed by atoms with Gasteiger partial charge in [-0.25, -0.2) is 9.78 Å². The molecule has 0 rings (SSSR count). The molecule has 0 unspecified atom stereocenters. The van der Waals surface area contributed by atoms with Gasteiger partial charge in [0.15, 0.2) is 0 Å². The van der Waals surface area contributed by atoms with E-state index in [1.165, 1.54) is 0 Å². The van der Waals surface area contributed by atoms with Crippen molar-refractivity contribution in [2.45, 2.75) is 26.2 Å². The molecule has 0 aromatic carbocycles. The maximum absolute atomic E-state index is 11.8. The van der Waals surface area contributed by atoms with Crippen molar-refractivity contribution in [3.8, 4) is 0 Å². The van der Waals surface area contributed by atoms with Crippen LogP contribution in [0.25, 0.3) is 0 Å². The first-order valence-electron chi connectivity index (χ1n) is 11.5. The van der Waals surface area contributed by atoms with Crippen molar-refractivity contribution in [1.82, 2.24) is 0 Å². The predicted octanol–water partition coefficient (Wildman–Crippen LogP) is 5.81. The Morgan fingerprint density at radius 2 is 1.08 bits per heavy atom. The fourth-order valence-electron chi connectivity index (χ4n) is 1.83. The van der Waals surface area contributed by atoms with E-state index in [1.54, 1.807) is 70.6 Å². The number of aliphatic hydroxyl groups is 1. The van der Waals surface area contributed by atoms with Gasteiger partial charge in [-0.3, -0.25) is 9.59 Å². The molecule has 214 valence electrons. The predicted molar refractivity (Wildman–Crippen MR) is 170 cm³/mol.